The third-order valence-electron chi connectivity index (χ3n) is 4.70. The van der Waals surface area contributed by atoms with Crippen LogP contribution in [0.5, 0.6) is 0 Å². The topological polar surface area (TPSA) is 122 Å². The Morgan fingerprint density at radius 2 is 2.10 bits per heavy atom. The number of ether oxygens (including phenoxy) is 1. The quantitative estimate of drug-likeness (QED) is 0.170. The van der Waals surface area contributed by atoms with E-state index in [1.807, 2.05) is 6.92 Å². The standard InChI is InChI=1S/C18H31N5O4S2.HI/c1-5-27-17(24)15-12(2)22-16(28-15)13(3)23-18(19-4)20-9-10-29(25,26)21-11-14-7-6-8-14;/h13-14,21H,5-11H2,1-4H3,(H2,19,20,23);1H. The Morgan fingerprint density at radius 1 is 1.40 bits per heavy atom. The molecule has 1 heterocycles. The summed E-state index contributed by atoms with van der Waals surface area (Å²) >= 11 is 1.28. The maximum atomic E-state index is 12.1. The Balaban J connectivity index is 0.00000450. The van der Waals surface area contributed by atoms with Gasteiger partial charge in [-0.2, -0.15) is 0 Å². The van der Waals surface area contributed by atoms with Crippen molar-refractivity contribution in [1.29, 1.82) is 0 Å². The molecule has 12 heteroatoms. The van der Waals surface area contributed by atoms with Gasteiger partial charge in [-0.1, -0.05) is 6.42 Å². The Bertz CT molecular complexity index is 825. The van der Waals surface area contributed by atoms with E-state index in [-0.39, 0.29) is 48.3 Å². The molecule has 3 N–H and O–H groups in total. The van der Waals surface area contributed by atoms with E-state index in [1.165, 1.54) is 17.8 Å². The summed E-state index contributed by atoms with van der Waals surface area (Å²) in [5.74, 6) is 0.549. The lowest BCUT2D eigenvalue weighted by molar-refractivity contribution is 0.0531. The monoisotopic (exact) mass is 573 g/mol. The van der Waals surface area contributed by atoms with Gasteiger partial charge in [0.1, 0.15) is 9.88 Å². The highest BCUT2D eigenvalue weighted by Crippen LogP contribution is 2.25. The van der Waals surface area contributed by atoms with Crippen molar-refractivity contribution in [2.75, 3.05) is 32.5 Å². The van der Waals surface area contributed by atoms with Gasteiger partial charge in [-0.25, -0.2) is 22.9 Å². The summed E-state index contributed by atoms with van der Waals surface area (Å²) in [4.78, 5) is 21.0. The number of carbonyl (C=O) groups excluding carboxylic acids is 1. The molecule has 9 nitrogen and oxygen atoms in total. The van der Waals surface area contributed by atoms with Crippen LogP contribution >= 0.6 is 35.3 Å². The second-order valence-corrected chi connectivity index (χ2v) is 9.97. The van der Waals surface area contributed by atoms with Crippen molar-refractivity contribution in [3.63, 3.8) is 0 Å². The molecule has 0 bridgehead atoms. The van der Waals surface area contributed by atoms with Gasteiger partial charge in [-0.05, 0) is 39.5 Å². The van der Waals surface area contributed by atoms with Gasteiger partial charge in [-0.3, -0.25) is 4.99 Å². The molecule has 0 spiro atoms. The number of hydrogen-bond acceptors (Lipinski definition) is 7. The molecule has 0 aromatic carbocycles. The highest BCUT2D eigenvalue weighted by molar-refractivity contribution is 14.0. The zero-order valence-electron chi connectivity index (χ0n) is 17.9. The number of thiazole rings is 1. The predicted molar refractivity (Wildman–Crippen MR) is 130 cm³/mol. The number of nitrogens with zero attached hydrogens (tertiary/aromatic N) is 2. The van der Waals surface area contributed by atoms with Crippen molar-refractivity contribution >= 4 is 57.3 Å². The summed E-state index contributed by atoms with van der Waals surface area (Å²) in [7, 11) is -1.70. The SMILES string of the molecule is CCOC(=O)c1sc(C(C)NC(=NC)NCCS(=O)(=O)NCC2CCC2)nc1C.I. The number of guanidine groups is 1. The zero-order valence-corrected chi connectivity index (χ0v) is 21.8. The number of sulfonamides is 1. The molecular formula is C18H32IN5O4S2. The first-order valence-corrected chi connectivity index (χ1v) is 12.3. The van der Waals surface area contributed by atoms with Crippen LogP contribution in [-0.2, 0) is 14.8 Å². The lowest BCUT2D eigenvalue weighted by Gasteiger charge is -2.25. The van der Waals surface area contributed by atoms with Crippen LogP contribution in [0.2, 0.25) is 0 Å². The number of aliphatic imine (C=N–C) groups is 1. The van der Waals surface area contributed by atoms with E-state index in [0.717, 1.165) is 17.8 Å². The van der Waals surface area contributed by atoms with Gasteiger partial charge >= 0.3 is 5.97 Å². The van der Waals surface area contributed by atoms with Gasteiger partial charge in [0.15, 0.2) is 5.96 Å². The fourth-order valence-corrected chi connectivity index (χ4v) is 4.74. The molecule has 1 saturated carbocycles. The molecule has 0 saturated heterocycles. The van der Waals surface area contributed by atoms with Crippen molar-refractivity contribution in [2.24, 2.45) is 10.9 Å². The second kappa shape index (κ2) is 12.8. The van der Waals surface area contributed by atoms with Crippen LogP contribution in [0, 0.1) is 12.8 Å². The van der Waals surface area contributed by atoms with Crippen LogP contribution in [-0.4, -0.2) is 57.8 Å². The molecule has 1 atom stereocenters. The number of esters is 1. The van der Waals surface area contributed by atoms with E-state index in [0.29, 0.717) is 35.6 Å². The average Bonchev–Trinajstić information content (AvgIpc) is 3.01. The molecule has 1 aromatic heterocycles. The summed E-state index contributed by atoms with van der Waals surface area (Å²) in [6.45, 7) is 6.51. The summed E-state index contributed by atoms with van der Waals surface area (Å²) in [5, 5.41) is 6.91. The van der Waals surface area contributed by atoms with Crippen molar-refractivity contribution < 1.29 is 17.9 Å². The highest BCUT2D eigenvalue weighted by Gasteiger charge is 2.21. The van der Waals surface area contributed by atoms with Crippen molar-refractivity contribution in [3.8, 4) is 0 Å². The number of nitrogens with one attached hydrogen (secondary N) is 3. The number of halogens is 1. The normalized spacial score (nSPS) is 15.7. The molecule has 1 aliphatic carbocycles. The summed E-state index contributed by atoms with van der Waals surface area (Å²) < 4.78 is 31.9. The van der Waals surface area contributed by atoms with Gasteiger partial charge in [0.2, 0.25) is 10.0 Å². The Hall–Kier alpha value is -0.990. The third kappa shape index (κ3) is 8.27. The Labute approximate surface area is 199 Å². The second-order valence-electron chi connectivity index (χ2n) is 7.02. The first-order chi connectivity index (χ1) is 13.8. The molecule has 0 radical (unpaired) electrons. The lowest BCUT2D eigenvalue weighted by atomic mass is 9.86. The van der Waals surface area contributed by atoms with Crippen LogP contribution in [0.4, 0.5) is 0 Å². The minimum absolute atomic E-state index is 0. The summed E-state index contributed by atoms with van der Waals surface area (Å²) in [6, 6.07) is -0.207. The van der Waals surface area contributed by atoms with Gasteiger partial charge in [0.05, 0.1) is 24.1 Å². The molecule has 2 rings (SSSR count). The maximum Gasteiger partial charge on any atom is 0.350 e. The highest BCUT2D eigenvalue weighted by atomic mass is 127. The molecule has 1 aliphatic rings. The molecule has 172 valence electrons. The molecular weight excluding hydrogens is 541 g/mol. The van der Waals surface area contributed by atoms with E-state index in [1.54, 1.807) is 20.9 Å². The molecule has 1 fully saturated rings. The predicted octanol–water partition coefficient (Wildman–Crippen LogP) is 2.19. The van der Waals surface area contributed by atoms with Gasteiger partial charge in [0.25, 0.3) is 0 Å². The number of rotatable bonds is 10. The first kappa shape index (κ1) is 27.0. The van der Waals surface area contributed by atoms with E-state index in [9.17, 15) is 13.2 Å². The number of carbonyl (C=O) groups is 1. The average molecular weight is 574 g/mol. The smallest absolute Gasteiger partial charge is 0.350 e. The number of hydrogen-bond donors (Lipinski definition) is 3. The van der Waals surface area contributed by atoms with Crippen LogP contribution in [0.1, 0.15) is 59.5 Å². The van der Waals surface area contributed by atoms with Gasteiger partial charge in [0, 0.05) is 20.1 Å². The minimum atomic E-state index is -3.31. The Kier molecular flexibility index (Phi) is 11.5. The molecule has 1 unspecified atom stereocenters. The number of aromatic nitrogens is 1. The molecule has 1 aromatic rings. The number of aryl methyl sites for hydroxylation is 1. The fraction of sp³-hybridized carbons (Fsp3) is 0.722. The minimum Gasteiger partial charge on any atom is -0.462 e. The van der Waals surface area contributed by atoms with Crippen molar-refractivity contribution in [3.05, 3.63) is 15.6 Å². The first-order valence-electron chi connectivity index (χ1n) is 9.84. The van der Waals surface area contributed by atoms with E-state index in [2.05, 4.69) is 25.3 Å². The van der Waals surface area contributed by atoms with E-state index in [4.69, 9.17) is 4.74 Å². The molecule has 0 aliphatic heterocycles. The molecule has 0 amide bonds. The third-order valence-corrected chi connectivity index (χ3v) is 7.37. The summed E-state index contributed by atoms with van der Waals surface area (Å²) in [5.41, 5.74) is 0.628. The summed E-state index contributed by atoms with van der Waals surface area (Å²) in [6.07, 6.45) is 3.39. The van der Waals surface area contributed by atoms with E-state index < -0.39 is 10.0 Å². The van der Waals surface area contributed by atoms with Crippen molar-refractivity contribution in [1.82, 2.24) is 20.3 Å². The van der Waals surface area contributed by atoms with E-state index >= 15 is 0 Å². The van der Waals surface area contributed by atoms with Crippen LogP contribution in [0.25, 0.3) is 0 Å². The van der Waals surface area contributed by atoms with Crippen molar-refractivity contribution in [2.45, 2.75) is 46.1 Å². The maximum absolute atomic E-state index is 12.1. The fourth-order valence-electron chi connectivity index (χ4n) is 2.77. The van der Waals surface area contributed by atoms with Gasteiger partial charge in [-0.15, -0.1) is 35.3 Å². The molecule has 30 heavy (non-hydrogen) atoms. The van der Waals surface area contributed by atoms with Gasteiger partial charge < -0.3 is 15.4 Å². The zero-order chi connectivity index (χ0) is 21.4. The Morgan fingerprint density at radius 3 is 2.67 bits per heavy atom. The lowest BCUT2D eigenvalue weighted by Crippen LogP contribution is -2.42. The van der Waals surface area contributed by atoms with Crippen LogP contribution in [0.15, 0.2) is 4.99 Å². The van der Waals surface area contributed by atoms with Crippen LogP contribution in [0.3, 0.4) is 0 Å². The largest absolute Gasteiger partial charge is 0.462 e. The van der Waals surface area contributed by atoms with Crippen LogP contribution < -0.4 is 15.4 Å².